The van der Waals surface area contributed by atoms with Crippen LogP contribution in [0.25, 0.3) is 0 Å². The largest absolute Gasteiger partial charge is 0.399 e. The minimum atomic E-state index is 0.789. The van der Waals surface area contributed by atoms with Gasteiger partial charge in [-0.15, -0.1) is 0 Å². The van der Waals surface area contributed by atoms with Crippen molar-refractivity contribution in [2.24, 2.45) is 5.16 Å². The number of hydrogen-bond acceptors (Lipinski definition) is 9. The van der Waals surface area contributed by atoms with E-state index < -0.39 is 0 Å². The molecule has 1 aromatic heterocycles. The molecule has 0 unspecified atom stereocenters. The predicted molar refractivity (Wildman–Crippen MR) is 250 cm³/mol. The molecule has 0 radical (unpaired) electrons. The molecule has 0 N–H and O–H groups in total. The summed E-state index contributed by atoms with van der Waals surface area (Å²) in [6, 6.07) is 23.3. The summed E-state index contributed by atoms with van der Waals surface area (Å²) in [7, 11) is 1.58. The fraction of sp³-hybridized carbons (Fsp3) is 0.625. The number of allylic oxidation sites excluding steroid dienone is 1. The first-order valence-electron chi connectivity index (χ1n) is 22.5. The Morgan fingerprint density at radius 1 is 0.632 bits per heavy atom. The Morgan fingerprint density at radius 3 is 1.58 bits per heavy atom. The minimum absolute atomic E-state index is 0.789. The number of aryl methyl sites for hydroxylation is 1. The minimum Gasteiger partial charge on any atom is -0.399 e. The number of rotatable bonds is 18. The zero-order valence-electron chi connectivity index (χ0n) is 38.6. The Morgan fingerprint density at radius 2 is 1.12 bits per heavy atom. The molecule has 2 saturated heterocycles. The van der Waals surface area contributed by atoms with E-state index in [1.807, 2.05) is 75.3 Å². The van der Waals surface area contributed by atoms with Gasteiger partial charge in [-0.05, 0) is 69.0 Å². The summed E-state index contributed by atoms with van der Waals surface area (Å²) in [6.07, 6.45) is 11.3. The number of hydrogen-bond donors (Lipinski definition) is 0. The second kappa shape index (κ2) is 42.0. The number of benzene rings is 2. The number of unbranched alkanes of at least 4 members (excludes halogenated alkanes) is 3. The second-order valence-electron chi connectivity index (χ2n) is 12.2. The van der Waals surface area contributed by atoms with Crippen LogP contribution in [-0.4, -0.2) is 106 Å². The Hall–Kier alpha value is -3.66. The van der Waals surface area contributed by atoms with Gasteiger partial charge in [0.25, 0.3) is 0 Å². The van der Waals surface area contributed by atoms with Gasteiger partial charge in [-0.2, -0.15) is 0 Å². The molecular formula is C48H86N6O3. The van der Waals surface area contributed by atoms with E-state index in [2.05, 4.69) is 97.2 Å². The number of ether oxygens (including phenoxy) is 1. The average Bonchev–Trinajstić information content (AvgIpc) is 3.84. The highest BCUT2D eigenvalue weighted by molar-refractivity contribution is 5.93. The standard InChI is InChI=1S/C20H31N3O.C18H25N3O2.5C2H6/c1-3-19(21-24-2)11-7-4-5-10-14-22-15-17-23(18-16-22)20-12-8-6-9-13-20;1-2-6-18(7-3-1)21-11-9-20(10-12-21)13-16-22-14-4-5-17-8-15-23-19-17;5*1-2/h3,6,8-9,12-13H,1,4-5,7,10-11,14-18H2,2H3;1-3,6-8,15H,4-5,9-14,16H2;5*1-2H3/b21-19+;;;;;;. The second-order valence-corrected chi connectivity index (χ2v) is 12.2. The predicted octanol–water partition coefficient (Wildman–Crippen LogP) is 11.5. The van der Waals surface area contributed by atoms with Gasteiger partial charge < -0.3 is 23.9 Å². The molecule has 2 aromatic carbocycles. The van der Waals surface area contributed by atoms with Gasteiger partial charge in [-0.3, -0.25) is 9.80 Å². The highest BCUT2D eigenvalue weighted by Gasteiger charge is 2.17. The molecule has 57 heavy (non-hydrogen) atoms. The van der Waals surface area contributed by atoms with Crippen molar-refractivity contribution in [1.82, 2.24) is 15.0 Å². The van der Waals surface area contributed by atoms with Crippen molar-refractivity contribution in [3.63, 3.8) is 0 Å². The van der Waals surface area contributed by atoms with E-state index in [9.17, 15) is 0 Å². The first kappa shape index (κ1) is 55.4. The molecule has 2 aliphatic rings. The van der Waals surface area contributed by atoms with Gasteiger partial charge in [0.15, 0.2) is 0 Å². The van der Waals surface area contributed by atoms with E-state index in [1.54, 1.807) is 19.4 Å². The van der Waals surface area contributed by atoms with Crippen LogP contribution in [0.4, 0.5) is 11.4 Å². The quantitative estimate of drug-likeness (QED) is 0.0716. The van der Waals surface area contributed by atoms with Crippen LogP contribution in [-0.2, 0) is 16.0 Å². The summed E-state index contributed by atoms with van der Waals surface area (Å²) in [5, 5.41) is 7.85. The van der Waals surface area contributed by atoms with Crippen molar-refractivity contribution in [2.75, 3.05) is 95.6 Å². The first-order valence-corrected chi connectivity index (χ1v) is 22.5. The Balaban J connectivity index is 0. The number of oxime groups is 1. The maximum atomic E-state index is 5.73. The van der Waals surface area contributed by atoms with Crippen LogP contribution in [0.2, 0.25) is 0 Å². The number of anilines is 2. The van der Waals surface area contributed by atoms with Crippen LogP contribution < -0.4 is 9.80 Å². The lowest BCUT2D eigenvalue weighted by Crippen LogP contribution is -2.47. The SMILES string of the molecule is C=C/C(CCCCCCN1CCN(c2ccccc2)CC1)=N\OC.CC.CC.CC.CC.CC.c1ccc(N2CCN(CCOCCCc3ccon3)CC2)cc1. The van der Waals surface area contributed by atoms with Crippen LogP contribution in [0.15, 0.2) is 95.3 Å². The summed E-state index contributed by atoms with van der Waals surface area (Å²) in [5.41, 5.74) is 4.64. The van der Waals surface area contributed by atoms with Crippen molar-refractivity contribution < 1.29 is 14.1 Å². The van der Waals surface area contributed by atoms with Gasteiger partial charge in [0.2, 0.25) is 0 Å². The Bertz CT molecular complexity index is 1230. The van der Waals surface area contributed by atoms with Crippen molar-refractivity contribution in [2.45, 2.75) is 114 Å². The number of para-hydroxylation sites is 2. The highest BCUT2D eigenvalue weighted by Crippen LogP contribution is 2.17. The van der Waals surface area contributed by atoms with E-state index in [0.717, 1.165) is 96.1 Å². The van der Waals surface area contributed by atoms with Crippen molar-refractivity contribution in [3.8, 4) is 0 Å². The fourth-order valence-electron chi connectivity index (χ4n) is 6.05. The summed E-state index contributed by atoms with van der Waals surface area (Å²) in [4.78, 5) is 14.8. The molecule has 0 aliphatic carbocycles. The molecule has 3 heterocycles. The molecule has 0 amide bonds. The lowest BCUT2D eigenvalue weighted by atomic mass is 10.1. The summed E-state index contributed by atoms with van der Waals surface area (Å²) in [5.74, 6) is 0. The van der Waals surface area contributed by atoms with Gasteiger partial charge in [-0.1, -0.05) is 135 Å². The molecule has 0 saturated carbocycles. The summed E-state index contributed by atoms with van der Waals surface area (Å²) >= 11 is 0. The lowest BCUT2D eigenvalue weighted by Gasteiger charge is -2.36. The fourth-order valence-corrected chi connectivity index (χ4v) is 6.05. The van der Waals surface area contributed by atoms with Crippen LogP contribution in [0.1, 0.15) is 113 Å². The van der Waals surface area contributed by atoms with E-state index in [1.165, 1.54) is 50.3 Å². The molecule has 0 bridgehead atoms. The molecule has 2 fully saturated rings. The van der Waals surface area contributed by atoms with Gasteiger partial charge >= 0.3 is 0 Å². The number of piperazine rings is 2. The molecule has 9 nitrogen and oxygen atoms in total. The van der Waals surface area contributed by atoms with Crippen LogP contribution in [0.5, 0.6) is 0 Å². The average molecular weight is 795 g/mol. The molecule has 2 aliphatic heterocycles. The number of aromatic nitrogens is 1. The van der Waals surface area contributed by atoms with Crippen LogP contribution in [0, 0.1) is 0 Å². The van der Waals surface area contributed by atoms with E-state index in [-0.39, 0.29) is 0 Å². The van der Waals surface area contributed by atoms with Gasteiger partial charge in [0.05, 0.1) is 18.0 Å². The van der Waals surface area contributed by atoms with Gasteiger partial charge in [0, 0.05) is 83.0 Å². The topological polar surface area (TPSA) is 69.8 Å². The monoisotopic (exact) mass is 795 g/mol. The lowest BCUT2D eigenvalue weighted by molar-refractivity contribution is 0.0997. The summed E-state index contributed by atoms with van der Waals surface area (Å²) in [6.45, 7) is 36.6. The summed E-state index contributed by atoms with van der Waals surface area (Å²) < 4.78 is 10.5. The van der Waals surface area contributed by atoms with Crippen molar-refractivity contribution in [1.29, 1.82) is 0 Å². The van der Waals surface area contributed by atoms with E-state index in [4.69, 9.17) is 14.1 Å². The van der Waals surface area contributed by atoms with Crippen molar-refractivity contribution in [3.05, 3.63) is 91.3 Å². The smallest absolute Gasteiger partial charge is 0.124 e. The molecule has 5 rings (SSSR count). The van der Waals surface area contributed by atoms with Crippen molar-refractivity contribution >= 4 is 17.1 Å². The maximum Gasteiger partial charge on any atom is 0.124 e. The molecule has 3 aromatic rings. The highest BCUT2D eigenvalue weighted by atomic mass is 16.6. The van der Waals surface area contributed by atoms with Gasteiger partial charge in [-0.25, -0.2) is 0 Å². The Labute approximate surface area is 351 Å². The first-order chi connectivity index (χ1) is 28.2. The normalized spacial score (nSPS) is 13.8. The molecule has 326 valence electrons. The van der Waals surface area contributed by atoms with E-state index in [0.29, 0.717) is 0 Å². The third kappa shape index (κ3) is 26.8. The Kier molecular flexibility index (Phi) is 40.8. The van der Waals surface area contributed by atoms with Gasteiger partial charge in [0.1, 0.15) is 13.4 Å². The van der Waals surface area contributed by atoms with E-state index >= 15 is 0 Å². The third-order valence-corrected chi connectivity index (χ3v) is 8.85. The zero-order chi connectivity index (χ0) is 42.8. The molecule has 0 spiro atoms. The molecule has 9 heteroatoms. The van der Waals surface area contributed by atoms with Crippen LogP contribution in [0.3, 0.4) is 0 Å². The number of nitrogens with zero attached hydrogens (tertiary/aromatic N) is 6. The van der Waals surface area contributed by atoms with Crippen LogP contribution >= 0.6 is 0 Å². The maximum absolute atomic E-state index is 5.73. The zero-order valence-corrected chi connectivity index (χ0v) is 38.6. The third-order valence-electron chi connectivity index (χ3n) is 8.85. The molecule has 0 atom stereocenters. The molecular weight excluding hydrogens is 709 g/mol.